The van der Waals surface area contributed by atoms with E-state index in [4.69, 9.17) is 14.2 Å². The summed E-state index contributed by atoms with van der Waals surface area (Å²) in [5.74, 6) is 1.21. The summed E-state index contributed by atoms with van der Waals surface area (Å²) in [4.78, 5) is 0. The van der Waals surface area contributed by atoms with Crippen LogP contribution in [-0.2, 0) is 6.11 Å². The van der Waals surface area contributed by atoms with Crippen LogP contribution in [0.3, 0.4) is 0 Å². The summed E-state index contributed by atoms with van der Waals surface area (Å²) < 4.78 is 44.3. The minimum Gasteiger partial charge on any atom is -0.458 e. The molecule has 5 heteroatoms. The molecule has 0 aliphatic rings. The standard InChI is InChI=1S/C22H20F2O3/c1-16-3-9-19(10-4-16)25-15-26-20-13-7-18(8-14-20)22(23,24)27-21-11-5-17(2)6-12-21/h3-14H,15H2,1-2H3. The first-order valence-electron chi connectivity index (χ1n) is 8.49. The number of hydrogen-bond acceptors (Lipinski definition) is 3. The van der Waals surface area contributed by atoms with Gasteiger partial charge in [0.1, 0.15) is 17.2 Å². The van der Waals surface area contributed by atoms with E-state index >= 15 is 0 Å². The zero-order valence-corrected chi connectivity index (χ0v) is 15.1. The van der Waals surface area contributed by atoms with Gasteiger partial charge in [-0.3, -0.25) is 0 Å². The molecule has 0 heterocycles. The number of benzene rings is 3. The molecular formula is C22H20F2O3. The molecule has 0 fully saturated rings. The van der Waals surface area contributed by atoms with Crippen molar-refractivity contribution in [1.82, 2.24) is 0 Å². The maximum atomic E-state index is 14.3. The van der Waals surface area contributed by atoms with Gasteiger partial charge in [0.25, 0.3) is 0 Å². The van der Waals surface area contributed by atoms with Crippen LogP contribution in [0.5, 0.6) is 17.2 Å². The van der Waals surface area contributed by atoms with Crippen molar-refractivity contribution in [2.75, 3.05) is 6.79 Å². The van der Waals surface area contributed by atoms with Gasteiger partial charge < -0.3 is 14.2 Å². The van der Waals surface area contributed by atoms with E-state index in [0.29, 0.717) is 11.5 Å². The molecule has 0 spiro atoms. The zero-order chi connectivity index (χ0) is 19.3. The molecule has 3 aromatic carbocycles. The lowest BCUT2D eigenvalue weighted by Gasteiger charge is -2.18. The average molecular weight is 370 g/mol. The second-order valence-electron chi connectivity index (χ2n) is 6.18. The van der Waals surface area contributed by atoms with Gasteiger partial charge in [0.2, 0.25) is 6.79 Å². The Hall–Kier alpha value is -3.08. The van der Waals surface area contributed by atoms with E-state index in [9.17, 15) is 8.78 Å². The van der Waals surface area contributed by atoms with E-state index in [1.54, 1.807) is 12.1 Å². The molecule has 0 saturated heterocycles. The summed E-state index contributed by atoms with van der Waals surface area (Å²) in [5.41, 5.74) is 1.85. The van der Waals surface area contributed by atoms with Crippen LogP contribution >= 0.6 is 0 Å². The summed E-state index contributed by atoms with van der Waals surface area (Å²) in [6, 6.07) is 19.5. The second-order valence-corrected chi connectivity index (χ2v) is 6.18. The first kappa shape index (κ1) is 18.7. The fraction of sp³-hybridized carbons (Fsp3) is 0.182. The highest BCUT2D eigenvalue weighted by Crippen LogP contribution is 2.32. The topological polar surface area (TPSA) is 27.7 Å². The van der Waals surface area contributed by atoms with Crippen LogP contribution in [0.1, 0.15) is 16.7 Å². The number of alkyl halides is 2. The summed E-state index contributed by atoms with van der Waals surface area (Å²) >= 11 is 0. The average Bonchev–Trinajstić information content (AvgIpc) is 2.65. The molecule has 140 valence electrons. The third-order valence-electron chi connectivity index (χ3n) is 3.93. The van der Waals surface area contributed by atoms with Crippen molar-refractivity contribution in [3.63, 3.8) is 0 Å². The Morgan fingerprint density at radius 1 is 0.630 bits per heavy atom. The van der Waals surface area contributed by atoms with Crippen LogP contribution in [0.25, 0.3) is 0 Å². The van der Waals surface area contributed by atoms with Crippen molar-refractivity contribution in [3.05, 3.63) is 89.5 Å². The van der Waals surface area contributed by atoms with Gasteiger partial charge in [0.05, 0.1) is 5.56 Å². The molecule has 0 bridgehead atoms. The van der Waals surface area contributed by atoms with E-state index in [0.717, 1.165) is 11.1 Å². The minimum atomic E-state index is -3.44. The normalized spacial score (nSPS) is 11.1. The van der Waals surface area contributed by atoms with Crippen molar-refractivity contribution in [3.8, 4) is 17.2 Å². The number of rotatable bonds is 7. The fourth-order valence-electron chi connectivity index (χ4n) is 2.36. The van der Waals surface area contributed by atoms with Crippen LogP contribution in [0.2, 0.25) is 0 Å². The predicted octanol–water partition coefficient (Wildman–Crippen LogP) is 5.85. The Morgan fingerprint density at radius 2 is 1.04 bits per heavy atom. The quantitative estimate of drug-likeness (QED) is 0.489. The monoisotopic (exact) mass is 370 g/mol. The molecule has 0 N–H and O–H groups in total. The van der Waals surface area contributed by atoms with E-state index in [1.807, 2.05) is 38.1 Å². The van der Waals surface area contributed by atoms with Crippen molar-refractivity contribution >= 4 is 0 Å². The minimum absolute atomic E-state index is 0.0152. The lowest BCUT2D eigenvalue weighted by molar-refractivity contribution is -0.185. The number of halogens is 2. The van der Waals surface area contributed by atoms with Crippen LogP contribution < -0.4 is 14.2 Å². The van der Waals surface area contributed by atoms with Crippen LogP contribution in [0.15, 0.2) is 72.8 Å². The molecule has 0 aliphatic heterocycles. The Labute approximate surface area is 157 Å². The maximum absolute atomic E-state index is 14.3. The lowest BCUT2D eigenvalue weighted by atomic mass is 10.2. The molecule has 27 heavy (non-hydrogen) atoms. The highest BCUT2D eigenvalue weighted by Gasteiger charge is 2.34. The lowest BCUT2D eigenvalue weighted by Crippen LogP contribution is -2.21. The van der Waals surface area contributed by atoms with Crippen LogP contribution in [0.4, 0.5) is 8.78 Å². The number of aryl methyl sites for hydroxylation is 2. The zero-order valence-electron chi connectivity index (χ0n) is 15.1. The highest BCUT2D eigenvalue weighted by atomic mass is 19.3. The van der Waals surface area contributed by atoms with Gasteiger partial charge in [0, 0.05) is 0 Å². The summed E-state index contributed by atoms with van der Waals surface area (Å²) in [6.07, 6.45) is -3.44. The van der Waals surface area contributed by atoms with Crippen molar-refractivity contribution in [2.45, 2.75) is 20.0 Å². The molecule has 0 aromatic heterocycles. The third kappa shape index (κ3) is 5.20. The predicted molar refractivity (Wildman–Crippen MR) is 99.4 cm³/mol. The summed E-state index contributed by atoms with van der Waals surface area (Å²) in [6.45, 7) is 3.85. The molecule has 3 nitrogen and oxygen atoms in total. The smallest absolute Gasteiger partial charge is 0.426 e. The number of ether oxygens (including phenoxy) is 3. The second kappa shape index (κ2) is 8.08. The Balaban J connectivity index is 1.56. The molecule has 0 atom stereocenters. The largest absolute Gasteiger partial charge is 0.458 e. The third-order valence-corrected chi connectivity index (χ3v) is 3.93. The van der Waals surface area contributed by atoms with Gasteiger partial charge in [-0.25, -0.2) is 0 Å². The van der Waals surface area contributed by atoms with Gasteiger partial charge in [0.15, 0.2) is 0 Å². The van der Waals surface area contributed by atoms with Gasteiger partial charge >= 0.3 is 6.11 Å². The first-order chi connectivity index (χ1) is 12.9. The maximum Gasteiger partial charge on any atom is 0.426 e. The molecule has 3 rings (SSSR count). The van der Waals surface area contributed by atoms with E-state index in [2.05, 4.69) is 0 Å². The molecule has 0 amide bonds. The van der Waals surface area contributed by atoms with E-state index in [-0.39, 0.29) is 18.1 Å². The summed E-state index contributed by atoms with van der Waals surface area (Å²) in [5, 5.41) is 0. The van der Waals surface area contributed by atoms with Gasteiger partial charge in [-0.2, -0.15) is 8.78 Å². The Kier molecular flexibility index (Phi) is 5.60. The SMILES string of the molecule is Cc1ccc(OCOc2ccc(C(F)(F)Oc3ccc(C)cc3)cc2)cc1. The van der Waals surface area contributed by atoms with E-state index in [1.165, 1.54) is 36.4 Å². The van der Waals surface area contributed by atoms with Gasteiger partial charge in [-0.1, -0.05) is 35.4 Å². The van der Waals surface area contributed by atoms with Crippen LogP contribution in [0, 0.1) is 13.8 Å². The Bertz CT molecular complexity index is 858. The molecule has 0 aliphatic carbocycles. The fourth-order valence-corrected chi connectivity index (χ4v) is 2.36. The van der Waals surface area contributed by atoms with Crippen molar-refractivity contribution in [1.29, 1.82) is 0 Å². The summed E-state index contributed by atoms with van der Waals surface area (Å²) in [7, 11) is 0. The molecule has 0 unspecified atom stereocenters. The molecule has 3 aromatic rings. The molecular weight excluding hydrogens is 350 g/mol. The molecule has 0 radical (unpaired) electrons. The van der Waals surface area contributed by atoms with E-state index < -0.39 is 6.11 Å². The number of hydrogen-bond donors (Lipinski definition) is 0. The Morgan fingerprint density at radius 3 is 1.52 bits per heavy atom. The van der Waals surface area contributed by atoms with Gasteiger partial charge in [-0.05, 0) is 62.4 Å². The van der Waals surface area contributed by atoms with Gasteiger partial charge in [-0.15, -0.1) is 0 Å². The molecule has 0 saturated carbocycles. The highest BCUT2D eigenvalue weighted by molar-refractivity contribution is 5.31. The first-order valence-corrected chi connectivity index (χ1v) is 8.49. The van der Waals surface area contributed by atoms with Crippen LogP contribution in [-0.4, -0.2) is 6.79 Å². The van der Waals surface area contributed by atoms with Crippen molar-refractivity contribution < 1.29 is 23.0 Å². The van der Waals surface area contributed by atoms with Crippen molar-refractivity contribution in [2.24, 2.45) is 0 Å².